The molecular weight excluding hydrogens is 222 g/mol. The molecule has 18 heavy (non-hydrogen) atoms. The summed E-state index contributed by atoms with van der Waals surface area (Å²) in [7, 11) is 0. The number of hydrogen-bond acceptors (Lipinski definition) is 2. The summed E-state index contributed by atoms with van der Waals surface area (Å²) in [6.07, 6.45) is 4.55. The molecular formula is C16H27NO. The van der Waals surface area contributed by atoms with Gasteiger partial charge in [-0.05, 0) is 56.7 Å². The molecule has 2 heteroatoms. The highest BCUT2D eigenvalue weighted by molar-refractivity contribution is 5.26. The van der Waals surface area contributed by atoms with Gasteiger partial charge in [0.25, 0.3) is 0 Å². The smallest absolute Gasteiger partial charge is 0.119 e. The van der Waals surface area contributed by atoms with E-state index >= 15 is 0 Å². The van der Waals surface area contributed by atoms with E-state index in [4.69, 9.17) is 10.5 Å². The molecule has 0 unspecified atom stereocenters. The SMILES string of the molecule is CCC(CC)(CN)CCCOc1ccc(C)cc1. The van der Waals surface area contributed by atoms with Gasteiger partial charge in [0.15, 0.2) is 0 Å². The summed E-state index contributed by atoms with van der Waals surface area (Å²) in [5, 5.41) is 0. The number of ether oxygens (including phenoxy) is 1. The maximum atomic E-state index is 5.90. The highest BCUT2D eigenvalue weighted by Crippen LogP contribution is 2.30. The van der Waals surface area contributed by atoms with Gasteiger partial charge in [0, 0.05) is 0 Å². The second-order valence-electron chi connectivity index (χ2n) is 5.18. The molecule has 102 valence electrons. The predicted molar refractivity (Wildman–Crippen MR) is 78.0 cm³/mol. The molecule has 0 atom stereocenters. The zero-order valence-electron chi connectivity index (χ0n) is 12.0. The lowest BCUT2D eigenvalue weighted by Crippen LogP contribution is -2.29. The van der Waals surface area contributed by atoms with Gasteiger partial charge < -0.3 is 10.5 Å². The second kappa shape index (κ2) is 7.42. The molecule has 0 saturated carbocycles. The van der Waals surface area contributed by atoms with Gasteiger partial charge >= 0.3 is 0 Å². The third-order valence-electron chi connectivity index (χ3n) is 4.07. The molecule has 0 amide bonds. The minimum absolute atomic E-state index is 0.316. The molecule has 2 nitrogen and oxygen atoms in total. The van der Waals surface area contributed by atoms with Crippen molar-refractivity contribution in [1.82, 2.24) is 0 Å². The minimum Gasteiger partial charge on any atom is -0.494 e. The fraction of sp³-hybridized carbons (Fsp3) is 0.625. The Kier molecular flexibility index (Phi) is 6.20. The first kappa shape index (κ1) is 15.0. The van der Waals surface area contributed by atoms with E-state index in [1.54, 1.807) is 0 Å². The first-order valence-corrected chi connectivity index (χ1v) is 7.05. The van der Waals surface area contributed by atoms with E-state index in [9.17, 15) is 0 Å². The minimum atomic E-state index is 0.316. The maximum absolute atomic E-state index is 5.90. The first-order chi connectivity index (χ1) is 8.65. The molecule has 0 aliphatic heterocycles. The van der Waals surface area contributed by atoms with Crippen molar-refractivity contribution in [3.63, 3.8) is 0 Å². The van der Waals surface area contributed by atoms with Gasteiger partial charge in [-0.15, -0.1) is 0 Å². The van der Waals surface area contributed by atoms with Crippen LogP contribution in [0.3, 0.4) is 0 Å². The lowest BCUT2D eigenvalue weighted by atomic mass is 9.78. The van der Waals surface area contributed by atoms with Crippen LogP contribution in [0.25, 0.3) is 0 Å². The van der Waals surface area contributed by atoms with Crippen LogP contribution in [0.1, 0.15) is 45.1 Å². The van der Waals surface area contributed by atoms with E-state index in [0.717, 1.165) is 44.6 Å². The van der Waals surface area contributed by atoms with Crippen molar-refractivity contribution in [2.24, 2.45) is 11.1 Å². The standard InChI is InChI=1S/C16H27NO/c1-4-16(5-2,13-17)11-6-12-18-15-9-7-14(3)8-10-15/h7-10H,4-6,11-13,17H2,1-3H3. The van der Waals surface area contributed by atoms with Crippen molar-refractivity contribution >= 4 is 0 Å². The van der Waals surface area contributed by atoms with Crippen LogP contribution in [0.5, 0.6) is 5.75 Å². The zero-order chi connectivity index (χ0) is 13.4. The Morgan fingerprint density at radius 1 is 1.11 bits per heavy atom. The molecule has 0 aromatic heterocycles. The molecule has 0 saturated heterocycles. The van der Waals surface area contributed by atoms with Crippen LogP contribution in [-0.4, -0.2) is 13.2 Å². The highest BCUT2D eigenvalue weighted by Gasteiger charge is 2.23. The number of nitrogens with two attached hydrogens (primary N) is 1. The van der Waals surface area contributed by atoms with Crippen LogP contribution >= 0.6 is 0 Å². The Balaban J connectivity index is 2.31. The Labute approximate surface area is 112 Å². The monoisotopic (exact) mass is 249 g/mol. The van der Waals surface area contributed by atoms with Crippen LogP contribution in [0.2, 0.25) is 0 Å². The fourth-order valence-electron chi connectivity index (χ4n) is 2.27. The number of benzene rings is 1. The van der Waals surface area contributed by atoms with E-state index in [0.29, 0.717) is 5.41 Å². The van der Waals surface area contributed by atoms with Crippen LogP contribution < -0.4 is 10.5 Å². The maximum Gasteiger partial charge on any atom is 0.119 e. The molecule has 0 radical (unpaired) electrons. The average molecular weight is 249 g/mol. The van der Waals surface area contributed by atoms with Gasteiger partial charge in [-0.25, -0.2) is 0 Å². The molecule has 1 aromatic rings. The van der Waals surface area contributed by atoms with Crippen LogP contribution in [-0.2, 0) is 0 Å². The van der Waals surface area contributed by atoms with Crippen molar-refractivity contribution in [3.05, 3.63) is 29.8 Å². The molecule has 0 fully saturated rings. The summed E-state index contributed by atoms with van der Waals surface area (Å²) in [5.41, 5.74) is 7.48. The number of hydrogen-bond donors (Lipinski definition) is 1. The third-order valence-corrected chi connectivity index (χ3v) is 4.07. The number of aryl methyl sites for hydroxylation is 1. The summed E-state index contributed by atoms with van der Waals surface area (Å²) < 4.78 is 5.75. The normalized spacial score (nSPS) is 11.6. The van der Waals surface area contributed by atoms with Gasteiger partial charge in [-0.2, -0.15) is 0 Å². The Hall–Kier alpha value is -1.02. The predicted octanol–water partition coefficient (Wildman–Crippen LogP) is 3.92. The fourth-order valence-corrected chi connectivity index (χ4v) is 2.27. The Morgan fingerprint density at radius 3 is 2.22 bits per heavy atom. The Morgan fingerprint density at radius 2 is 1.72 bits per heavy atom. The Bertz CT molecular complexity index is 319. The van der Waals surface area contributed by atoms with E-state index in [-0.39, 0.29) is 0 Å². The van der Waals surface area contributed by atoms with E-state index < -0.39 is 0 Å². The molecule has 1 rings (SSSR count). The van der Waals surface area contributed by atoms with E-state index in [1.807, 2.05) is 12.1 Å². The van der Waals surface area contributed by atoms with Gasteiger partial charge in [0.2, 0.25) is 0 Å². The van der Waals surface area contributed by atoms with Gasteiger partial charge in [-0.3, -0.25) is 0 Å². The summed E-state index contributed by atoms with van der Waals surface area (Å²) in [5.74, 6) is 0.965. The molecule has 2 N–H and O–H groups in total. The van der Waals surface area contributed by atoms with Crippen LogP contribution in [0.4, 0.5) is 0 Å². The summed E-state index contributed by atoms with van der Waals surface area (Å²) >= 11 is 0. The molecule has 0 spiro atoms. The van der Waals surface area contributed by atoms with Crippen molar-refractivity contribution in [1.29, 1.82) is 0 Å². The average Bonchev–Trinajstić information content (AvgIpc) is 2.42. The number of rotatable bonds is 8. The van der Waals surface area contributed by atoms with Gasteiger partial charge in [0.1, 0.15) is 5.75 Å². The van der Waals surface area contributed by atoms with Crippen molar-refractivity contribution < 1.29 is 4.74 Å². The summed E-state index contributed by atoms with van der Waals surface area (Å²) in [4.78, 5) is 0. The van der Waals surface area contributed by atoms with Crippen molar-refractivity contribution in [2.45, 2.75) is 46.5 Å². The molecule has 0 heterocycles. The largest absolute Gasteiger partial charge is 0.494 e. The van der Waals surface area contributed by atoms with E-state index in [2.05, 4.69) is 32.9 Å². The second-order valence-corrected chi connectivity index (χ2v) is 5.18. The molecule has 0 aliphatic rings. The first-order valence-electron chi connectivity index (χ1n) is 7.05. The van der Waals surface area contributed by atoms with Gasteiger partial charge in [-0.1, -0.05) is 31.5 Å². The lowest BCUT2D eigenvalue weighted by molar-refractivity contribution is 0.213. The topological polar surface area (TPSA) is 35.2 Å². The van der Waals surface area contributed by atoms with Gasteiger partial charge in [0.05, 0.1) is 6.61 Å². The quantitative estimate of drug-likeness (QED) is 0.709. The third kappa shape index (κ3) is 4.34. The van der Waals surface area contributed by atoms with Crippen molar-refractivity contribution in [2.75, 3.05) is 13.2 Å². The molecule has 1 aromatic carbocycles. The summed E-state index contributed by atoms with van der Waals surface area (Å²) in [6.45, 7) is 8.12. The van der Waals surface area contributed by atoms with Crippen LogP contribution in [0, 0.1) is 12.3 Å². The zero-order valence-corrected chi connectivity index (χ0v) is 12.0. The summed E-state index contributed by atoms with van der Waals surface area (Å²) in [6, 6.07) is 8.23. The lowest BCUT2D eigenvalue weighted by Gasteiger charge is -2.30. The molecule has 0 aliphatic carbocycles. The van der Waals surface area contributed by atoms with Crippen LogP contribution in [0.15, 0.2) is 24.3 Å². The van der Waals surface area contributed by atoms with E-state index in [1.165, 1.54) is 5.56 Å². The highest BCUT2D eigenvalue weighted by atomic mass is 16.5. The van der Waals surface area contributed by atoms with Crippen molar-refractivity contribution in [3.8, 4) is 5.75 Å². The molecule has 0 bridgehead atoms.